The predicted molar refractivity (Wildman–Crippen MR) is 441 cm³/mol. The molecule has 0 saturated carbocycles. The van der Waals surface area contributed by atoms with Gasteiger partial charge in [0, 0.05) is 133 Å². The van der Waals surface area contributed by atoms with E-state index in [1.165, 1.54) is 89.0 Å². The van der Waals surface area contributed by atoms with E-state index in [1.807, 2.05) is 91.0 Å². The van der Waals surface area contributed by atoms with Crippen LogP contribution in [-0.2, 0) is 38.6 Å². The Bertz CT molecular complexity index is 5200. The average Bonchev–Trinajstić information content (AvgIpc) is 1.67. The first kappa shape index (κ1) is 73.1. The van der Waals surface area contributed by atoms with Gasteiger partial charge in [0.1, 0.15) is 0 Å². The Balaban J connectivity index is 0.000000101. The number of ketones is 5. The van der Waals surface area contributed by atoms with Crippen LogP contribution < -0.4 is 10.6 Å². The van der Waals surface area contributed by atoms with Crippen molar-refractivity contribution in [2.24, 2.45) is 0 Å². The zero-order valence-corrected chi connectivity index (χ0v) is 63.4. The van der Waals surface area contributed by atoms with Crippen LogP contribution in [0, 0.1) is 0 Å². The van der Waals surface area contributed by atoms with E-state index in [0.29, 0.717) is 62.3 Å². The molecule has 0 heterocycles. The van der Waals surface area contributed by atoms with E-state index >= 15 is 0 Å². The number of benzene rings is 11. The van der Waals surface area contributed by atoms with Gasteiger partial charge in [-0.25, -0.2) is 0 Å². The highest BCUT2D eigenvalue weighted by Gasteiger charge is 2.43. The third kappa shape index (κ3) is 14.9. The van der Waals surface area contributed by atoms with Crippen LogP contribution >= 0.6 is 0 Å². The van der Waals surface area contributed by atoms with Gasteiger partial charge in [-0.15, -0.1) is 6.58 Å². The minimum atomic E-state index is 0.157. The maximum Gasteiger partial charge on any atom is 0.165 e. The fraction of sp³-hybridized carbons (Fsp3) is 0.277. The fourth-order valence-electron chi connectivity index (χ4n) is 20.2. The van der Waals surface area contributed by atoms with Crippen molar-refractivity contribution < 1.29 is 24.0 Å². The third-order valence-corrected chi connectivity index (χ3v) is 25.6. The molecule has 2 N–H and O–H groups in total. The van der Waals surface area contributed by atoms with Crippen molar-refractivity contribution in [3.8, 4) is 0 Å². The molecular weight excluding hydrogens is 1360 g/mol. The normalized spacial score (nSPS) is 22.6. The van der Waals surface area contributed by atoms with Crippen molar-refractivity contribution in [2.45, 2.75) is 163 Å². The molecule has 21 rings (SSSR count). The molecule has 11 aromatic carbocycles. The lowest BCUT2D eigenvalue weighted by Crippen LogP contribution is -2.31. The van der Waals surface area contributed by atoms with Gasteiger partial charge in [0.15, 0.2) is 28.9 Å². The number of Topliss-reactive ketones (excluding diaryl/α,β-unsaturated/α-hetero) is 5. The van der Waals surface area contributed by atoms with Gasteiger partial charge in [-0.2, -0.15) is 0 Å². The molecule has 10 heteroatoms. The van der Waals surface area contributed by atoms with Gasteiger partial charge in [-0.3, -0.25) is 38.7 Å². The van der Waals surface area contributed by atoms with E-state index < -0.39 is 0 Å². The molecule has 10 aliphatic carbocycles. The molecule has 0 saturated heterocycles. The fourth-order valence-corrected chi connectivity index (χ4v) is 20.2. The first-order valence-electron chi connectivity index (χ1n) is 40.4. The molecule has 0 bridgehead atoms. The molecule has 0 aliphatic heterocycles. The van der Waals surface area contributed by atoms with Crippen LogP contribution in [0.4, 0.5) is 0 Å². The van der Waals surface area contributed by atoms with Gasteiger partial charge in [0.2, 0.25) is 0 Å². The van der Waals surface area contributed by atoms with Crippen LogP contribution in [0.2, 0.25) is 0 Å². The molecule has 0 aromatic heterocycles. The number of nitrogens with one attached hydrogen (secondary N) is 2. The molecule has 0 radical (unpaired) electrons. The summed E-state index contributed by atoms with van der Waals surface area (Å²) in [5, 5.41) is 7.40. The summed E-state index contributed by atoms with van der Waals surface area (Å²) in [6.45, 7) is 5.63. The Labute approximate surface area is 653 Å². The van der Waals surface area contributed by atoms with Crippen LogP contribution in [0.25, 0.3) is 0 Å². The third-order valence-electron chi connectivity index (χ3n) is 25.6. The second kappa shape index (κ2) is 32.7. The summed E-state index contributed by atoms with van der Waals surface area (Å²) in [4.78, 5) is 68.8. The Morgan fingerprint density at radius 2 is 0.577 bits per heavy atom. The molecule has 111 heavy (non-hydrogen) atoms. The first-order valence-corrected chi connectivity index (χ1v) is 40.4. The van der Waals surface area contributed by atoms with Crippen molar-refractivity contribution in [2.75, 3.05) is 13.6 Å². The number of hydrogen-bond acceptors (Lipinski definition) is 10. The van der Waals surface area contributed by atoms with Crippen LogP contribution in [0.3, 0.4) is 0 Å². The Hall–Kier alpha value is -10.7. The van der Waals surface area contributed by atoms with Gasteiger partial charge in [-0.1, -0.05) is 279 Å². The SMILES string of the molecule is C=CCN(C1CCc2ccccc21)C1CC(=O)c2ccccc21.CN(C1CCc2ccccc21)C1CC(=O)c2ccccc21.O=C1CC(N(Cc2ccccc2)C2CCc3ccccc32)c2ccccc21.O=C1CC(NC2CCc3ccccc32)c2ccccc21.O=C1CC(NC2CCc3ccccc32)c2ccccc21. The zero-order valence-electron chi connectivity index (χ0n) is 63.4. The van der Waals surface area contributed by atoms with Crippen LogP contribution in [0.15, 0.2) is 286 Å². The van der Waals surface area contributed by atoms with Crippen molar-refractivity contribution in [1.82, 2.24) is 25.3 Å². The summed E-state index contributed by atoms with van der Waals surface area (Å²) in [7, 11) is 2.17. The summed E-state index contributed by atoms with van der Waals surface area (Å²) in [5.41, 5.74) is 26.1. The van der Waals surface area contributed by atoms with Gasteiger partial charge in [0.25, 0.3) is 0 Å². The summed E-state index contributed by atoms with van der Waals surface area (Å²) in [6, 6.07) is 97.3. The van der Waals surface area contributed by atoms with E-state index in [0.717, 1.165) is 105 Å². The summed E-state index contributed by atoms with van der Waals surface area (Å²) in [6.07, 6.45) is 16.3. The molecule has 10 aliphatic rings. The maximum absolute atomic E-state index is 12.7. The Kier molecular flexibility index (Phi) is 21.5. The van der Waals surface area contributed by atoms with Crippen LogP contribution in [0.1, 0.15) is 265 Å². The molecular formula is C101H97N5O5. The Morgan fingerprint density at radius 1 is 0.288 bits per heavy atom. The van der Waals surface area contributed by atoms with Gasteiger partial charge < -0.3 is 10.6 Å². The summed E-state index contributed by atoms with van der Waals surface area (Å²) >= 11 is 0. The van der Waals surface area contributed by atoms with Crippen molar-refractivity contribution in [3.63, 3.8) is 0 Å². The van der Waals surface area contributed by atoms with Gasteiger partial charge in [-0.05, 0) is 160 Å². The highest BCUT2D eigenvalue weighted by atomic mass is 16.1. The lowest BCUT2D eigenvalue weighted by molar-refractivity contribution is 0.0884. The smallest absolute Gasteiger partial charge is 0.165 e. The molecule has 11 aromatic rings. The standard InChI is InChI=1S/C25H23NO.C21H21NO.C19H19NO.2C18H17NO/c27-25-16-24(21-12-6-7-13-22(21)25)26(17-18-8-2-1-3-9-18)23-15-14-19-10-4-5-11-20(19)23;1-2-13-22(19-12-11-15-7-3-4-8-16(15)19)20-14-21(23)18-10-6-5-9-17(18)20;1-20(17-11-10-13-6-2-3-7-14(13)17)18-12-19(21)16-9-5-4-8-15(16)18;2*20-18-11-17(14-7-3-4-8-15(14)18)19-16-10-9-12-5-1-2-6-13(12)16/h1-13,23-24H,14-17H2;2-10,19-20H,1,11-14H2;2-9,17-18H,10-12H2,1H3;2*1-8,16-17,19H,9-11H2. The second-order valence-electron chi connectivity index (χ2n) is 31.7. The van der Waals surface area contributed by atoms with E-state index in [2.05, 4.69) is 227 Å². The summed E-state index contributed by atoms with van der Waals surface area (Å²) < 4.78 is 0. The molecule has 556 valence electrons. The zero-order chi connectivity index (χ0) is 75.5. The van der Waals surface area contributed by atoms with E-state index in [-0.39, 0.29) is 59.1 Å². The molecule has 0 spiro atoms. The number of aryl methyl sites for hydroxylation is 5. The molecule has 10 atom stereocenters. The number of rotatable bonds is 14. The second-order valence-corrected chi connectivity index (χ2v) is 31.7. The molecule has 10 unspecified atom stereocenters. The number of fused-ring (bicyclic) bond motifs is 10. The number of carbonyl (C=O) groups is 5. The average molecular weight is 1460 g/mol. The van der Waals surface area contributed by atoms with Crippen molar-refractivity contribution in [1.29, 1.82) is 0 Å². The number of carbonyl (C=O) groups excluding carboxylic acids is 5. The monoisotopic (exact) mass is 1460 g/mol. The van der Waals surface area contributed by atoms with Crippen LogP contribution in [0.5, 0.6) is 0 Å². The molecule has 10 nitrogen and oxygen atoms in total. The molecule has 0 amide bonds. The minimum absolute atomic E-state index is 0.157. The highest BCUT2D eigenvalue weighted by Crippen LogP contribution is 2.49. The van der Waals surface area contributed by atoms with Gasteiger partial charge >= 0.3 is 0 Å². The van der Waals surface area contributed by atoms with Gasteiger partial charge in [0.05, 0.1) is 0 Å². The number of nitrogens with zero attached hydrogens (tertiary/aromatic N) is 3. The lowest BCUT2D eigenvalue weighted by atomic mass is 10.00. The van der Waals surface area contributed by atoms with Crippen molar-refractivity contribution in [3.05, 3.63) is 402 Å². The van der Waals surface area contributed by atoms with Crippen LogP contribution in [-0.4, -0.2) is 57.2 Å². The highest BCUT2D eigenvalue weighted by molar-refractivity contribution is 6.03. The van der Waals surface area contributed by atoms with E-state index in [9.17, 15) is 24.0 Å². The maximum atomic E-state index is 12.7. The first-order chi connectivity index (χ1) is 54.5. The Morgan fingerprint density at radius 3 is 1.00 bits per heavy atom. The van der Waals surface area contributed by atoms with Crippen molar-refractivity contribution >= 4 is 28.9 Å². The van der Waals surface area contributed by atoms with E-state index in [1.54, 1.807) is 0 Å². The molecule has 0 fully saturated rings. The van der Waals surface area contributed by atoms with E-state index in [4.69, 9.17) is 0 Å². The minimum Gasteiger partial charge on any atom is -0.303 e. The number of hydrogen-bond donors (Lipinski definition) is 2. The predicted octanol–water partition coefficient (Wildman–Crippen LogP) is 21.1. The lowest BCUT2D eigenvalue weighted by Gasteiger charge is -2.35. The topological polar surface area (TPSA) is 119 Å². The quantitative estimate of drug-likeness (QED) is 0.102. The summed E-state index contributed by atoms with van der Waals surface area (Å²) in [5.74, 6) is 1.37. The largest absolute Gasteiger partial charge is 0.303 e.